The second-order valence-corrected chi connectivity index (χ2v) is 1.86. The molecule has 0 radical (unpaired) electrons. The Labute approximate surface area is 131 Å². The van der Waals surface area contributed by atoms with Gasteiger partial charge < -0.3 is 35.1 Å². The van der Waals surface area contributed by atoms with Crippen molar-refractivity contribution in [3.05, 3.63) is 0 Å². The number of hydrogen-bond donors (Lipinski definition) is 3. The third kappa shape index (κ3) is 25.3. The van der Waals surface area contributed by atoms with Crippen LogP contribution in [0.25, 0.3) is 0 Å². The molecule has 3 N–H and O–H groups in total. The summed E-state index contributed by atoms with van der Waals surface area (Å²) in [5.74, 6) is -3.43. The van der Waals surface area contributed by atoms with Crippen LogP contribution in [-0.2, 0) is 9.59 Å². The van der Waals surface area contributed by atoms with E-state index in [1.807, 2.05) is 0 Å². The summed E-state index contributed by atoms with van der Waals surface area (Å²) in [5, 5.41) is 42.6. The van der Waals surface area contributed by atoms with Crippen molar-refractivity contribution in [3.63, 3.8) is 0 Å². The molecule has 1 atom stereocenters. The average Bonchev–Trinajstić information content (AvgIpc) is 2.03. The minimum atomic E-state index is -1.96. The summed E-state index contributed by atoms with van der Waals surface area (Å²) in [6.45, 7) is -0.250. The van der Waals surface area contributed by atoms with Crippen molar-refractivity contribution in [2.75, 3.05) is 13.2 Å². The molecule has 0 aromatic rings. The number of aliphatic hydroxyl groups excluding tert-OH is 3. The molecule has 9 heteroatoms. The van der Waals surface area contributed by atoms with E-state index < -0.39 is 24.5 Å². The molecule has 0 spiro atoms. The van der Waals surface area contributed by atoms with Crippen LogP contribution >= 0.6 is 0 Å². The van der Waals surface area contributed by atoms with Crippen LogP contribution in [0.3, 0.4) is 0 Å². The maximum absolute atomic E-state index is 9.58. The zero-order chi connectivity index (χ0) is 10.9. The van der Waals surface area contributed by atoms with Gasteiger partial charge in [0, 0.05) is 12.4 Å². The summed E-state index contributed by atoms with van der Waals surface area (Å²) in [5.41, 5.74) is 0. The summed E-state index contributed by atoms with van der Waals surface area (Å²) in [4.78, 5) is 19.1. The van der Waals surface area contributed by atoms with Crippen LogP contribution in [0.15, 0.2) is 0 Å². The Hall–Kier alpha value is 0.820. The fraction of sp³-hybridized carbons (Fsp3) is 0.667. The van der Waals surface area contributed by atoms with Gasteiger partial charge in [-0.15, -0.1) is 0 Å². The summed E-state index contributed by atoms with van der Waals surface area (Å²) in [7, 11) is 0. The smallest absolute Gasteiger partial charge is 0.550 e. The number of rotatable bonds is 4. The van der Waals surface area contributed by atoms with Crippen LogP contribution in [0, 0.1) is 0 Å². The van der Waals surface area contributed by atoms with Crippen LogP contribution in [-0.4, -0.2) is 46.6 Å². The van der Waals surface area contributed by atoms with E-state index in [4.69, 9.17) is 15.3 Å². The third-order valence-corrected chi connectivity index (χ3v) is 0.732. The van der Waals surface area contributed by atoms with E-state index >= 15 is 0 Å². The molecule has 0 aromatic heterocycles. The summed E-state index contributed by atoms with van der Waals surface area (Å²) in [6.07, 6.45) is -2.89. The topological polar surface area (TPSA) is 141 Å². The van der Waals surface area contributed by atoms with Crippen LogP contribution in [0.5, 0.6) is 0 Å². The van der Waals surface area contributed by atoms with Gasteiger partial charge in [-0.1, -0.05) is 0 Å². The van der Waals surface area contributed by atoms with E-state index in [2.05, 4.69) is 0 Å². The molecule has 0 aliphatic rings. The molecule has 1 unspecified atom stereocenters. The van der Waals surface area contributed by atoms with Crippen molar-refractivity contribution >= 4 is 11.9 Å². The molecule has 7 nitrogen and oxygen atoms in total. The Balaban J connectivity index is -0.0000000883. The van der Waals surface area contributed by atoms with Gasteiger partial charge in [0.15, 0.2) is 0 Å². The van der Waals surface area contributed by atoms with E-state index in [-0.39, 0.29) is 72.3 Å². The quantitative estimate of drug-likeness (QED) is 0.414. The second kappa shape index (κ2) is 17.2. The van der Waals surface area contributed by atoms with Crippen LogP contribution in [0.2, 0.25) is 0 Å². The Kier molecular flexibility index (Phi) is 28.6. The van der Waals surface area contributed by atoms with E-state index in [1.54, 1.807) is 0 Å². The minimum absolute atomic E-state index is 0. The van der Waals surface area contributed by atoms with E-state index in [0.717, 1.165) is 0 Å². The largest absolute Gasteiger partial charge is 1.00 e. The fourth-order valence-electron chi connectivity index (χ4n) is 0.241. The molecule has 0 aliphatic heterocycles. The van der Waals surface area contributed by atoms with Gasteiger partial charge >= 0.3 is 59.1 Å². The molecular weight excluding hydrogens is 230 g/mol. The molecule has 0 aromatic carbocycles. The monoisotopic (exact) mass is 240 g/mol. The van der Waals surface area contributed by atoms with Crippen molar-refractivity contribution in [2.24, 2.45) is 0 Å². The molecular formula is C6H10Na2O7. The predicted molar refractivity (Wildman–Crippen MR) is 34.8 cm³/mol. The van der Waals surface area contributed by atoms with E-state index in [9.17, 15) is 19.8 Å². The first-order valence-corrected chi connectivity index (χ1v) is 3.26. The molecule has 0 bridgehead atoms. The zero-order valence-electron chi connectivity index (χ0n) is 8.67. The van der Waals surface area contributed by atoms with Crippen LogP contribution < -0.4 is 69.3 Å². The Bertz CT molecular complexity index is 162. The number of carboxylic acid groups (broad SMARTS) is 2. The molecule has 0 rings (SSSR count). The van der Waals surface area contributed by atoms with Gasteiger partial charge in [0.05, 0.1) is 25.3 Å². The third-order valence-electron chi connectivity index (χ3n) is 0.732. The van der Waals surface area contributed by atoms with Gasteiger partial charge in [-0.3, -0.25) is 0 Å². The van der Waals surface area contributed by atoms with Gasteiger partial charge in [0.25, 0.3) is 0 Å². The molecule has 0 saturated heterocycles. The zero-order valence-corrected chi connectivity index (χ0v) is 12.7. The first-order chi connectivity index (χ1) is 5.95. The Morgan fingerprint density at radius 2 is 1.40 bits per heavy atom. The Morgan fingerprint density at radius 1 is 1.07 bits per heavy atom. The van der Waals surface area contributed by atoms with Gasteiger partial charge in [0.1, 0.15) is 0 Å². The normalized spacial score (nSPS) is 9.53. The molecule has 0 amide bonds. The first kappa shape index (κ1) is 24.9. The van der Waals surface area contributed by atoms with Crippen molar-refractivity contribution in [1.82, 2.24) is 0 Å². The van der Waals surface area contributed by atoms with Crippen molar-refractivity contribution < 1.29 is 94.2 Å². The molecule has 0 fully saturated rings. The number of aliphatic hydroxyl groups is 3. The summed E-state index contributed by atoms with van der Waals surface area (Å²) in [6, 6.07) is 0. The van der Waals surface area contributed by atoms with Gasteiger partial charge in [0.2, 0.25) is 0 Å². The number of carbonyl (C=O) groups is 2. The molecule has 0 aliphatic carbocycles. The van der Waals surface area contributed by atoms with Gasteiger partial charge in [-0.05, 0) is 0 Å². The molecule has 15 heavy (non-hydrogen) atoms. The van der Waals surface area contributed by atoms with Crippen molar-refractivity contribution in [2.45, 2.75) is 12.5 Å². The van der Waals surface area contributed by atoms with Crippen LogP contribution in [0.4, 0.5) is 0 Å². The van der Waals surface area contributed by atoms with Crippen molar-refractivity contribution in [1.29, 1.82) is 0 Å². The van der Waals surface area contributed by atoms with Crippen molar-refractivity contribution in [3.8, 4) is 0 Å². The molecule has 0 saturated carbocycles. The second-order valence-electron chi connectivity index (χ2n) is 1.86. The average molecular weight is 240 g/mol. The predicted octanol–water partition coefficient (Wildman–Crippen LogP) is -10.8. The fourth-order valence-corrected chi connectivity index (χ4v) is 0.241. The van der Waals surface area contributed by atoms with Gasteiger partial charge in [-0.25, -0.2) is 0 Å². The molecule has 0 heterocycles. The number of hydrogen-bond acceptors (Lipinski definition) is 7. The maximum Gasteiger partial charge on any atom is 1.00 e. The molecule has 78 valence electrons. The Morgan fingerprint density at radius 3 is 1.47 bits per heavy atom. The first-order valence-electron chi connectivity index (χ1n) is 3.26. The summed E-state index contributed by atoms with van der Waals surface area (Å²) >= 11 is 0. The van der Waals surface area contributed by atoms with E-state index in [0.29, 0.717) is 0 Å². The number of carbonyl (C=O) groups excluding carboxylic acids is 2. The standard InChI is InChI=1S/C4H6O5.C2H6O2.2Na/c5-2(4(8)9)1-3(6)7;3-1-2-4;;/h2,5H,1H2,(H,6,7)(H,8,9);3-4H,1-2H2;;/q;;2*+1/p-2. The summed E-state index contributed by atoms with van der Waals surface area (Å²) < 4.78 is 0. The van der Waals surface area contributed by atoms with E-state index in [1.165, 1.54) is 0 Å². The minimum Gasteiger partial charge on any atom is -0.550 e. The number of aliphatic carboxylic acids is 2. The SMILES string of the molecule is O=C([O-])CC(O)C(=O)[O-].OCCO.[Na+].[Na+]. The maximum atomic E-state index is 9.58. The number of carboxylic acids is 2. The van der Waals surface area contributed by atoms with Gasteiger partial charge in [-0.2, -0.15) is 0 Å². The van der Waals surface area contributed by atoms with Crippen LogP contribution in [0.1, 0.15) is 6.42 Å².